The molecule has 0 saturated heterocycles. The van der Waals surface area contributed by atoms with Gasteiger partial charge in [-0.25, -0.2) is 4.68 Å². The molecule has 7 nitrogen and oxygen atoms in total. The molecule has 1 N–H and O–H groups in total. The van der Waals surface area contributed by atoms with Gasteiger partial charge in [-0.2, -0.15) is 0 Å². The van der Waals surface area contributed by atoms with E-state index in [-0.39, 0.29) is 11.9 Å². The zero-order valence-electron chi connectivity index (χ0n) is 13.5. The van der Waals surface area contributed by atoms with Crippen LogP contribution < -0.4 is 10.1 Å². The number of amides is 1. The second-order valence-electron chi connectivity index (χ2n) is 5.20. The molecular formula is C15H21N5O2S. The van der Waals surface area contributed by atoms with Crippen LogP contribution >= 0.6 is 11.8 Å². The predicted molar refractivity (Wildman–Crippen MR) is 88.6 cm³/mol. The van der Waals surface area contributed by atoms with Crippen LogP contribution in [0.3, 0.4) is 0 Å². The normalized spacial score (nSPS) is 10.8. The van der Waals surface area contributed by atoms with Crippen LogP contribution in [-0.4, -0.2) is 45.5 Å². The SMILES string of the molecule is COc1ccccc1CCNC(=O)CSc1nnnn1C(C)C. The molecule has 0 fully saturated rings. The zero-order valence-corrected chi connectivity index (χ0v) is 14.3. The number of nitrogens with zero attached hydrogens (tertiary/aromatic N) is 4. The van der Waals surface area contributed by atoms with Gasteiger partial charge in [-0.05, 0) is 42.3 Å². The van der Waals surface area contributed by atoms with Crippen LogP contribution in [0.1, 0.15) is 25.5 Å². The van der Waals surface area contributed by atoms with Crippen LogP contribution in [0.15, 0.2) is 29.4 Å². The first kappa shape index (κ1) is 17.3. The van der Waals surface area contributed by atoms with Gasteiger partial charge in [-0.3, -0.25) is 4.79 Å². The maximum atomic E-state index is 11.9. The zero-order chi connectivity index (χ0) is 16.7. The standard InChI is InChI=1S/C15H21N5O2S/c1-11(2)20-15(17-18-19-20)23-10-14(21)16-9-8-12-6-4-5-7-13(12)22-3/h4-7,11H,8-10H2,1-3H3,(H,16,21). The number of carbonyl (C=O) groups excluding carboxylic acids is 1. The highest BCUT2D eigenvalue weighted by Crippen LogP contribution is 2.18. The highest BCUT2D eigenvalue weighted by atomic mass is 32.2. The Morgan fingerprint density at radius 2 is 2.17 bits per heavy atom. The Balaban J connectivity index is 1.76. The Bertz CT molecular complexity index is 644. The number of rotatable bonds is 8. The van der Waals surface area contributed by atoms with Gasteiger partial charge in [-0.1, -0.05) is 30.0 Å². The van der Waals surface area contributed by atoms with Crippen LogP contribution in [0.4, 0.5) is 0 Å². The van der Waals surface area contributed by atoms with Crippen molar-refractivity contribution >= 4 is 17.7 Å². The average Bonchev–Trinajstić information content (AvgIpc) is 3.02. The number of ether oxygens (including phenoxy) is 1. The minimum atomic E-state index is -0.0387. The number of benzene rings is 1. The lowest BCUT2D eigenvalue weighted by Gasteiger charge is -2.09. The van der Waals surface area contributed by atoms with Gasteiger partial charge in [0.25, 0.3) is 0 Å². The third-order valence-corrected chi connectivity index (χ3v) is 4.13. The number of nitrogens with one attached hydrogen (secondary N) is 1. The lowest BCUT2D eigenvalue weighted by atomic mass is 10.1. The molecule has 2 aromatic rings. The summed E-state index contributed by atoms with van der Waals surface area (Å²) in [6.45, 7) is 4.55. The molecular weight excluding hydrogens is 314 g/mol. The van der Waals surface area contributed by atoms with E-state index in [4.69, 9.17) is 4.74 Å². The number of hydrogen-bond acceptors (Lipinski definition) is 6. The van der Waals surface area contributed by atoms with Crippen molar-refractivity contribution < 1.29 is 9.53 Å². The van der Waals surface area contributed by atoms with Gasteiger partial charge < -0.3 is 10.1 Å². The molecule has 0 unspecified atom stereocenters. The number of para-hydroxylation sites is 1. The third-order valence-electron chi connectivity index (χ3n) is 3.19. The Kier molecular flexibility index (Phi) is 6.40. The van der Waals surface area contributed by atoms with Crippen LogP contribution in [-0.2, 0) is 11.2 Å². The predicted octanol–water partition coefficient (Wildman–Crippen LogP) is 1.71. The van der Waals surface area contributed by atoms with Gasteiger partial charge in [-0.15, -0.1) is 5.10 Å². The average molecular weight is 335 g/mol. The first-order chi connectivity index (χ1) is 11.1. The van der Waals surface area contributed by atoms with Gasteiger partial charge in [0.1, 0.15) is 5.75 Å². The molecule has 1 heterocycles. The summed E-state index contributed by atoms with van der Waals surface area (Å²) >= 11 is 1.33. The smallest absolute Gasteiger partial charge is 0.230 e. The van der Waals surface area contributed by atoms with E-state index in [9.17, 15) is 4.79 Å². The first-order valence-corrected chi connectivity index (χ1v) is 8.39. The monoisotopic (exact) mass is 335 g/mol. The molecule has 0 aliphatic carbocycles. The Morgan fingerprint density at radius 1 is 1.39 bits per heavy atom. The second kappa shape index (κ2) is 8.52. The molecule has 0 saturated carbocycles. The molecule has 0 radical (unpaired) electrons. The highest BCUT2D eigenvalue weighted by Gasteiger charge is 2.12. The minimum absolute atomic E-state index is 0.0387. The van der Waals surface area contributed by atoms with Gasteiger partial charge in [0.2, 0.25) is 11.1 Å². The number of aromatic nitrogens is 4. The molecule has 0 atom stereocenters. The maximum absolute atomic E-state index is 11.9. The first-order valence-electron chi connectivity index (χ1n) is 7.41. The molecule has 1 aromatic heterocycles. The van der Waals surface area contributed by atoms with Crippen LogP contribution in [0.2, 0.25) is 0 Å². The molecule has 124 valence electrons. The van der Waals surface area contributed by atoms with Crippen molar-refractivity contribution in [3.63, 3.8) is 0 Å². The molecule has 23 heavy (non-hydrogen) atoms. The van der Waals surface area contributed by atoms with E-state index in [2.05, 4.69) is 20.8 Å². The number of methoxy groups -OCH3 is 1. The fourth-order valence-corrected chi connectivity index (χ4v) is 2.87. The summed E-state index contributed by atoms with van der Waals surface area (Å²) in [7, 11) is 1.65. The van der Waals surface area contributed by atoms with Crippen molar-refractivity contribution in [3.8, 4) is 5.75 Å². The molecule has 0 aliphatic heterocycles. The Morgan fingerprint density at radius 3 is 2.91 bits per heavy atom. The Hall–Kier alpha value is -2.09. The van der Waals surface area contributed by atoms with Crippen molar-refractivity contribution in [2.24, 2.45) is 0 Å². The Labute approximate surface area is 139 Å². The van der Waals surface area contributed by atoms with Crippen LogP contribution in [0, 0.1) is 0 Å². The number of carbonyl (C=O) groups is 1. The van der Waals surface area contributed by atoms with Gasteiger partial charge in [0, 0.05) is 6.54 Å². The molecule has 0 aliphatic rings. The van der Waals surface area contributed by atoms with Crippen molar-refractivity contribution in [1.29, 1.82) is 0 Å². The molecule has 1 amide bonds. The summed E-state index contributed by atoms with van der Waals surface area (Å²) in [5.41, 5.74) is 1.08. The van der Waals surface area contributed by atoms with Crippen LogP contribution in [0.5, 0.6) is 5.75 Å². The quantitative estimate of drug-likeness (QED) is 0.740. The molecule has 8 heteroatoms. The van der Waals surface area contributed by atoms with E-state index in [1.165, 1.54) is 11.8 Å². The summed E-state index contributed by atoms with van der Waals surface area (Å²) in [5, 5.41) is 15.0. The topological polar surface area (TPSA) is 81.9 Å². The summed E-state index contributed by atoms with van der Waals surface area (Å²) in [6.07, 6.45) is 0.726. The highest BCUT2D eigenvalue weighted by molar-refractivity contribution is 7.99. The fraction of sp³-hybridized carbons (Fsp3) is 0.467. The number of hydrogen-bond donors (Lipinski definition) is 1. The molecule has 0 spiro atoms. The summed E-state index contributed by atoms with van der Waals surface area (Å²) in [4.78, 5) is 11.9. The van der Waals surface area contributed by atoms with Crippen molar-refractivity contribution in [1.82, 2.24) is 25.5 Å². The lowest BCUT2D eigenvalue weighted by Crippen LogP contribution is -2.27. The van der Waals surface area contributed by atoms with Gasteiger partial charge >= 0.3 is 0 Å². The summed E-state index contributed by atoms with van der Waals surface area (Å²) in [6, 6.07) is 7.97. The van der Waals surface area contributed by atoms with Crippen molar-refractivity contribution in [2.75, 3.05) is 19.4 Å². The third kappa shape index (κ3) is 4.95. The summed E-state index contributed by atoms with van der Waals surface area (Å²) < 4.78 is 6.99. The number of thioether (sulfide) groups is 1. The minimum Gasteiger partial charge on any atom is -0.496 e. The van der Waals surface area contributed by atoms with E-state index in [0.717, 1.165) is 17.7 Å². The van der Waals surface area contributed by atoms with E-state index < -0.39 is 0 Å². The molecule has 2 rings (SSSR count). The fourth-order valence-electron chi connectivity index (χ4n) is 2.03. The number of tetrazole rings is 1. The summed E-state index contributed by atoms with van der Waals surface area (Å²) in [5.74, 6) is 1.09. The van der Waals surface area contributed by atoms with E-state index in [1.54, 1.807) is 11.8 Å². The van der Waals surface area contributed by atoms with Crippen molar-refractivity contribution in [3.05, 3.63) is 29.8 Å². The lowest BCUT2D eigenvalue weighted by molar-refractivity contribution is -0.118. The molecule has 1 aromatic carbocycles. The van der Waals surface area contributed by atoms with E-state index in [1.807, 2.05) is 38.1 Å². The largest absolute Gasteiger partial charge is 0.496 e. The van der Waals surface area contributed by atoms with Crippen LogP contribution in [0.25, 0.3) is 0 Å². The van der Waals surface area contributed by atoms with E-state index >= 15 is 0 Å². The van der Waals surface area contributed by atoms with Gasteiger partial charge in [0.15, 0.2) is 0 Å². The second-order valence-corrected chi connectivity index (χ2v) is 6.14. The maximum Gasteiger partial charge on any atom is 0.230 e. The van der Waals surface area contributed by atoms with Crippen molar-refractivity contribution in [2.45, 2.75) is 31.5 Å². The van der Waals surface area contributed by atoms with Gasteiger partial charge in [0.05, 0.1) is 18.9 Å². The van der Waals surface area contributed by atoms with E-state index in [0.29, 0.717) is 17.5 Å². The molecule has 0 bridgehead atoms.